The summed E-state index contributed by atoms with van der Waals surface area (Å²) in [6.07, 6.45) is -4.84. The summed E-state index contributed by atoms with van der Waals surface area (Å²) in [4.78, 5) is -0.234. The average molecular weight is 343 g/mol. The van der Waals surface area contributed by atoms with Gasteiger partial charge in [-0.05, 0) is 36.4 Å². The minimum absolute atomic E-state index is 0.234. The molecule has 0 bridgehead atoms. The van der Waals surface area contributed by atoms with Crippen LogP contribution in [0, 0.1) is 0 Å². The third-order valence-corrected chi connectivity index (χ3v) is 4.50. The summed E-state index contributed by atoms with van der Waals surface area (Å²) in [7, 11) is -4.08. The van der Waals surface area contributed by atoms with Crippen molar-refractivity contribution in [2.24, 2.45) is 0 Å². The van der Waals surface area contributed by atoms with E-state index in [2.05, 4.69) is 15.0 Å². The highest BCUT2D eigenvalue weighted by molar-refractivity contribution is 7.90. The Bertz CT molecular complexity index is 950. The molecule has 0 radical (unpaired) electrons. The number of para-hydroxylation sites is 1. The van der Waals surface area contributed by atoms with Gasteiger partial charge in [-0.3, -0.25) is 0 Å². The van der Waals surface area contributed by atoms with Gasteiger partial charge < -0.3 is 4.74 Å². The predicted octanol–water partition coefficient (Wildman–Crippen LogP) is 2.57. The Hall–Kier alpha value is -2.62. The predicted molar refractivity (Wildman–Crippen MR) is 73.2 cm³/mol. The van der Waals surface area contributed by atoms with Crippen LogP contribution in [0.2, 0.25) is 0 Å². The third kappa shape index (κ3) is 2.97. The number of halogens is 3. The molecule has 0 saturated heterocycles. The minimum Gasteiger partial charge on any atom is -0.406 e. The summed E-state index contributed by atoms with van der Waals surface area (Å²) in [6, 6.07) is 10.3. The van der Waals surface area contributed by atoms with Crippen LogP contribution >= 0.6 is 0 Å². The topological polar surface area (TPSA) is 74.1 Å². The smallest absolute Gasteiger partial charge is 0.406 e. The van der Waals surface area contributed by atoms with Gasteiger partial charge in [-0.15, -0.1) is 22.4 Å². The van der Waals surface area contributed by atoms with Gasteiger partial charge in [0, 0.05) is 0 Å². The number of benzene rings is 2. The Morgan fingerprint density at radius 1 is 1.00 bits per heavy atom. The molecule has 0 N–H and O–H groups in total. The van der Waals surface area contributed by atoms with Crippen LogP contribution in [0.3, 0.4) is 0 Å². The SMILES string of the molecule is O=S(=O)(c1ccc(OC(F)(F)F)cc1)n1nnc2ccccc21. The van der Waals surface area contributed by atoms with Gasteiger partial charge in [-0.2, -0.15) is 8.42 Å². The maximum absolute atomic E-state index is 12.5. The van der Waals surface area contributed by atoms with Crippen molar-refractivity contribution >= 4 is 21.1 Å². The first kappa shape index (κ1) is 15.3. The van der Waals surface area contributed by atoms with Crippen molar-refractivity contribution in [1.82, 2.24) is 14.4 Å². The number of ether oxygens (including phenoxy) is 1. The molecule has 0 unspecified atom stereocenters. The van der Waals surface area contributed by atoms with E-state index in [1.54, 1.807) is 18.2 Å². The van der Waals surface area contributed by atoms with E-state index < -0.39 is 22.1 Å². The van der Waals surface area contributed by atoms with Crippen molar-refractivity contribution < 1.29 is 26.3 Å². The Kier molecular flexibility index (Phi) is 3.48. The molecule has 1 heterocycles. The molecule has 0 aliphatic rings. The van der Waals surface area contributed by atoms with Crippen molar-refractivity contribution in [3.63, 3.8) is 0 Å². The highest BCUT2D eigenvalue weighted by Crippen LogP contribution is 2.25. The second-order valence-corrected chi connectivity index (χ2v) is 6.21. The van der Waals surface area contributed by atoms with Gasteiger partial charge in [0.2, 0.25) is 0 Å². The van der Waals surface area contributed by atoms with Gasteiger partial charge in [0.15, 0.2) is 0 Å². The Balaban J connectivity index is 2.00. The van der Waals surface area contributed by atoms with Crippen LogP contribution in [0.15, 0.2) is 53.4 Å². The molecule has 6 nitrogen and oxygen atoms in total. The van der Waals surface area contributed by atoms with Crippen LogP contribution in [0.5, 0.6) is 5.75 Å². The Morgan fingerprint density at radius 3 is 2.30 bits per heavy atom. The van der Waals surface area contributed by atoms with E-state index in [9.17, 15) is 21.6 Å². The monoisotopic (exact) mass is 343 g/mol. The minimum atomic E-state index is -4.84. The van der Waals surface area contributed by atoms with E-state index in [0.717, 1.165) is 28.4 Å². The van der Waals surface area contributed by atoms with Crippen molar-refractivity contribution in [3.8, 4) is 5.75 Å². The summed E-state index contributed by atoms with van der Waals surface area (Å²) in [5, 5.41) is 7.33. The molecule has 0 saturated carbocycles. The number of rotatable bonds is 3. The second-order valence-electron chi connectivity index (χ2n) is 4.45. The van der Waals surface area contributed by atoms with Gasteiger partial charge in [-0.25, -0.2) is 0 Å². The molecule has 0 atom stereocenters. The van der Waals surface area contributed by atoms with Crippen LogP contribution in [0.25, 0.3) is 11.0 Å². The molecule has 0 aliphatic heterocycles. The van der Waals surface area contributed by atoms with E-state index in [0.29, 0.717) is 5.52 Å². The maximum atomic E-state index is 12.5. The van der Waals surface area contributed by atoms with Gasteiger partial charge in [0.1, 0.15) is 16.8 Å². The van der Waals surface area contributed by atoms with Crippen LogP contribution in [0.1, 0.15) is 0 Å². The van der Waals surface area contributed by atoms with Crippen molar-refractivity contribution in [2.45, 2.75) is 11.3 Å². The molecule has 120 valence electrons. The number of nitrogens with zero attached hydrogens (tertiary/aromatic N) is 3. The van der Waals surface area contributed by atoms with Crippen LogP contribution in [-0.2, 0) is 10.0 Å². The number of hydrogen-bond acceptors (Lipinski definition) is 5. The fourth-order valence-electron chi connectivity index (χ4n) is 1.94. The molecule has 0 aliphatic carbocycles. The normalized spacial score (nSPS) is 12.5. The number of aromatic nitrogens is 3. The molecule has 0 spiro atoms. The highest BCUT2D eigenvalue weighted by atomic mass is 32.2. The number of alkyl halides is 3. The van der Waals surface area contributed by atoms with Crippen LogP contribution < -0.4 is 4.74 Å². The lowest BCUT2D eigenvalue weighted by atomic mass is 10.3. The van der Waals surface area contributed by atoms with Gasteiger partial charge >= 0.3 is 6.36 Å². The number of fused-ring (bicyclic) bond motifs is 1. The first-order valence-corrected chi connectivity index (χ1v) is 7.63. The van der Waals surface area contributed by atoms with Crippen molar-refractivity contribution in [3.05, 3.63) is 48.5 Å². The lowest BCUT2D eigenvalue weighted by molar-refractivity contribution is -0.274. The van der Waals surface area contributed by atoms with E-state index in [4.69, 9.17) is 0 Å². The zero-order valence-electron chi connectivity index (χ0n) is 11.2. The van der Waals surface area contributed by atoms with Gasteiger partial charge in [0.25, 0.3) is 10.0 Å². The van der Waals surface area contributed by atoms with Crippen molar-refractivity contribution in [1.29, 1.82) is 0 Å². The highest BCUT2D eigenvalue weighted by Gasteiger charge is 2.31. The third-order valence-electron chi connectivity index (χ3n) is 2.90. The molecule has 23 heavy (non-hydrogen) atoms. The lowest BCUT2D eigenvalue weighted by Gasteiger charge is -2.09. The molecule has 0 amide bonds. The first-order chi connectivity index (χ1) is 10.8. The number of hydrogen-bond donors (Lipinski definition) is 0. The van der Waals surface area contributed by atoms with E-state index >= 15 is 0 Å². The second kappa shape index (κ2) is 5.23. The zero-order chi connectivity index (χ0) is 16.7. The Labute approximate surface area is 128 Å². The first-order valence-electron chi connectivity index (χ1n) is 6.19. The summed E-state index contributed by atoms with van der Waals surface area (Å²) < 4.78 is 65.8. The van der Waals surface area contributed by atoms with E-state index in [1.165, 1.54) is 6.07 Å². The summed E-state index contributed by atoms with van der Waals surface area (Å²) in [6.45, 7) is 0. The fraction of sp³-hybridized carbons (Fsp3) is 0.0769. The lowest BCUT2D eigenvalue weighted by Crippen LogP contribution is -2.17. The largest absolute Gasteiger partial charge is 0.573 e. The summed E-state index contributed by atoms with van der Waals surface area (Å²) in [5.74, 6) is -0.514. The molecule has 1 aromatic heterocycles. The molecule has 10 heteroatoms. The summed E-state index contributed by atoms with van der Waals surface area (Å²) >= 11 is 0. The quantitative estimate of drug-likeness (QED) is 0.731. The summed E-state index contributed by atoms with van der Waals surface area (Å²) in [5.41, 5.74) is 0.649. The van der Waals surface area contributed by atoms with Crippen LogP contribution in [-0.4, -0.2) is 29.2 Å². The molecule has 2 aromatic carbocycles. The average Bonchev–Trinajstić information content (AvgIpc) is 2.90. The molecule has 0 fully saturated rings. The van der Waals surface area contributed by atoms with E-state index in [-0.39, 0.29) is 10.4 Å². The molecular formula is C13H8F3N3O3S. The van der Waals surface area contributed by atoms with E-state index in [1.807, 2.05) is 0 Å². The van der Waals surface area contributed by atoms with Crippen LogP contribution in [0.4, 0.5) is 13.2 Å². The van der Waals surface area contributed by atoms with Gasteiger partial charge in [-0.1, -0.05) is 17.3 Å². The van der Waals surface area contributed by atoms with Gasteiger partial charge in [0.05, 0.1) is 4.90 Å². The standard InChI is InChI=1S/C13H8F3N3O3S/c14-13(15,16)22-9-5-7-10(8-6-9)23(20,21)19-12-4-2-1-3-11(12)17-18-19/h1-8H. The fourth-order valence-corrected chi connectivity index (χ4v) is 3.16. The Morgan fingerprint density at radius 2 is 1.65 bits per heavy atom. The zero-order valence-corrected chi connectivity index (χ0v) is 12.0. The molecule has 3 aromatic rings. The molecular weight excluding hydrogens is 335 g/mol. The van der Waals surface area contributed by atoms with Crippen molar-refractivity contribution in [2.75, 3.05) is 0 Å². The molecule has 3 rings (SSSR count). The maximum Gasteiger partial charge on any atom is 0.573 e.